The summed E-state index contributed by atoms with van der Waals surface area (Å²) >= 11 is 1.08. The van der Waals surface area contributed by atoms with Crippen LogP contribution in [0.15, 0.2) is 30.5 Å². The largest absolute Gasteiger partial charge is 0.462 e. The monoisotopic (exact) mass is 431 g/mol. The second kappa shape index (κ2) is 7.53. The number of sulfone groups is 1. The summed E-state index contributed by atoms with van der Waals surface area (Å²) in [6.07, 6.45) is 1.58. The summed E-state index contributed by atoms with van der Waals surface area (Å²) in [4.78, 5) is 34.3. The molecule has 29 heavy (non-hydrogen) atoms. The molecule has 0 bridgehead atoms. The van der Waals surface area contributed by atoms with Crippen LogP contribution in [0.3, 0.4) is 0 Å². The third kappa shape index (κ3) is 3.85. The van der Waals surface area contributed by atoms with Gasteiger partial charge in [-0.05, 0) is 31.0 Å². The number of anilines is 1. The normalized spacial score (nSPS) is 14.9. The zero-order valence-electron chi connectivity index (χ0n) is 15.5. The molecule has 1 amide bonds. The molecule has 0 radical (unpaired) electrons. The lowest BCUT2D eigenvalue weighted by Crippen LogP contribution is -2.20. The Morgan fingerprint density at radius 2 is 2.00 bits per heavy atom. The van der Waals surface area contributed by atoms with Gasteiger partial charge in [-0.25, -0.2) is 18.2 Å². The van der Waals surface area contributed by atoms with Crippen molar-refractivity contribution in [3.63, 3.8) is 0 Å². The number of carbonyl (C=O) groups excluding carboxylic acids is 2. The van der Waals surface area contributed by atoms with E-state index in [1.165, 1.54) is 6.20 Å². The number of nitrogens with one attached hydrogen (secondary N) is 1. The van der Waals surface area contributed by atoms with Crippen LogP contribution in [0.4, 0.5) is 5.00 Å². The molecule has 0 aliphatic carbocycles. The Balaban J connectivity index is 1.70. The number of nitrogens with zero attached hydrogens (tertiary/aromatic N) is 2. The molecule has 3 aromatic rings. The molecule has 0 atom stereocenters. The number of esters is 1. The van der Waals surface area contributed by atoms with Crippen molar-refractivity contribution in [2.45, 2.75) is 19.1 Å². The van der Waals surface area contributed by atoms with Crippen molar-refractivity contribution in [3.05, 3.63) is 52.2 Å². The number of hydrogen-bond acceptors (Lipinski definition) is 8. The zero-order valence-corrected chi connectivity index (χ0v) is 17.1. The topological polar surface area (TPSA) is 115 Å². The molecule has 1 aliphatic heterocycles. The average Bonchev–Trinajstić information content (AvgIpc) is 3.03. The van der Waals surface area contributed by atoms with Gasteiger partial charge in [0.1, 0.15) is 10.7 Å². The van der Waals surface area contributed by atoms with E-state index in [2.05, 4.69) is 15.3 Å². The predicted octanol–water partition coefficient (Wildman–Crippen LogP) is 2.59. The minimum atomic E-state index is -3.22. The first-order valence-electron chi connectivity index (χ1n) is 8.93. The lowest BCUT2D eigenvalue weighted by Gasteiger charge is -2.13. The molecule has 4 rings (SSSR count). The third-order valence-electron chi connectivity index (χ3n) is 4.49. The minimum Gasteiger partial charge on any atom is -0.462 e. The average molecular weight is 431 g/mol. The second-order valence-electron chi connectivity index (χ2n) is 6.47. The number of benzene rings is 1. The summed E-state index contributed by atoms with van der Waals surface area (Å²) in [5.41, 5.74) is 2.18. The highest BCUT2D eigenvalue weighted by molar-refractivity contribution is 7.90. The molecule has 2 aromatic heterocycles. The first-order valence-corrected chi connectivity index (χ1v) is 11.6. The van der Waals surface area contributed by atoms with Gasteiger partial charge in [-0.3, -0.25) is 9.78 Å². The maximum Gasteiger partial charge on any atom is 0.341 e. The van der Waals surface area contributed by atoms with E-state index in [0.717, 1.165) is 11.3 Å². The van der Waals surface area contributed by atoms with Gasteiger partial charge in [-0.15, -0.1) is 11.3 Å². The Kier molecular flexibility index (Phi) is 5.05. The number of amides is 1. The number of aromatic nitrogens is 2. The van der Waals surface area contributed by atoms with Crippen molar-refractivity contribution >= 4 is 49.1 Å². The van der Waals surface area contributed by atoms with Gasteiger partial charge in [-0.1, -0.05) is 12.1 Å². The van der Waals surface area contributed by atoms with Crippen LogP contribution in [0, 0.1) is 0 Å². The van der Waals surface area contributed by atoms with Crippen LogP contribution in [0.2, 0.25) is 0 Å². The summed E-state index contributed by atoms with van der Waals surface area (Å²) in [5, 5.41) is 2.97. The maximum atomic E-state index is 12.8. The van der Waals surface area contributed by atoms with E-state index in [1.807, 2.05) is 6.07 Å². The fourth-order valence-electron chi connectivity index (χ4n) is 3.16. The molecule has 0 fully saturated rings. The Hall–Kier alpha value is -2.85. The Morgan fingerprint density at radius 3 is 2.76 bits per heavy atom. The van der Waals surface area contributed by atoms with Crippen LogP contribution in [-0.2, 0) is 26.7 Å². The van der Waals surface area contributed by atoms with Crippen LogP contribution in [-0.4, -0.2) is 42.6 Å². The Morgan fingerprint density at radius 1 is 1.24 bits per heavy atom. The van der Waals surface area contributed by atoms with Gasteiger partial charge in [-0.2, -0.15) is 0 Å². The van der Waals surface area contributed by atoms with E-state index >= 15 is 0 Å². The van der Waals surface area contributed by atoms with Gasteiger partial charge in [0.15, 0.2) is 9.84 Å². The van der Waals surface area contributed by atoms with Crippen molar-refractivity contribution in [3.8, 4) is 0 Å². The number of para-hydroxylation sites is 2. The number of rotatable bonds is 4. The molecule has 150 valence electrons. The summed E-state index contributed by atoms with van der Waals surface area (Å²) in [6.45, 7) is 1.86. The second-order valence-corrected chi connectivity index (χ2v) is 9.76. The lowest BCUT2D eigenvalue weighted by atomic mass is 10.1. The molecule has 8 nitrogen and oxygen atoms in total. The van der Waals surface area contributed by atoms with Gasteiger partial charge in [0.05, 0.1) is 40.9 Å². The van der Waals surface area contributed by atoms with Crippen molar-refractivity contribution in [2.24, 2.45) is 0 Å². The van der Waals surface area contributed by atoms with Crippen molar-refractivity contribution in [2.75, 3.05) is 17.7 Å². The molecule has 10 heteroatoms. The van der Waals surface area contributed by atoms with Crippen LogP contribution in [0.5, 0.6) is 0 Å². The van der Waals surface area contributed by atoms with E-state index in [9.17, 15) is 18.0 Å². The Labute approximate surface area is 170 Å². The molecule has 1 aromatic carbocycles. The smallest absolute Gasteiger partial charge is 0.341 e. The number of fused-ring (bicyclic) bond motifs is 2. The van der Waals surface area contributed by atoms with Crippen molar-refractivity contribution in [1.29, 1.82) is 0 Å². The fraction of sp³-hybridized carbons (Fsp3) is 0.263. The summed E-state index contributed by atoms with van der Waals surface area (Å²) in [6, 6.07) is 7.16. The van der Waals surface area contributed by atoms with Crippen LogP contribution in [0.25, 0.3) is 11.0 Å². The van der Waals surface area contributed by atoms with Crippen LogP contribution < -0.4 is 5.32 Å². The third-order valence-corrected chi connectivity index (χ3v) is 7.38. The number of ether oxygens (including phenoxy) is 1. The Bertz CT molecular complexity index is 1230. The molecular formula is C19H17N3O5S2. The van der Waals surface area contributed by atoms with E-state index in [4.69, 9.17) is 4.74 Å². The van der Waals surface area contributed by atoms with E-state index in [1.54, 1.807) is 25.1 Å². The predicted molar refractivity (Wildman–Crippen MR) is 109 cm³/mol. The molecule has 0 spiro atoms. The van der Waals surface area contributed by atoms with E-state index in [0.29, 0.717) is 21.5 Å². The number of carbonyl (C=O) groups is 2. The highest BCUT2D eigenvalue weighted by atomic mass is 32.2. The first-order chi connectivity index (χ1) is 13.9. The number of hydrogen-bond donors (Lipinski definition) is 1. The standard InChI is InChI=1S/C19H17N3O5S2/c1-2-27-19(24)16-11-7-8-29(25,26)10-15(11)28-18(16)22-17(23)14-9-20-12-5-3-4-6-13(12)21-14/h3-6,9H,2,7-8,10H2,1H3,(H,22,23). The molecule has 3 heterocycles. The van der Waals surface area contributed by atoms with Crippen molar-refractivity contribution in [1.82, 2.24) is 9.97 Å². The highest BCUT2D eigenvalue weighted by Crippen LogP contribution is 2.38. The van der Waals surface area contributed by atoms with Crippen molar-refractivity contribution < 1.29 is 22.7 Å². The number of thiophene rings is 1. The van der Waals surface area contributed by atoms with Crippen LogP contribution >= 0.6 is 11.3 Å². The molecule has 1 aliphatic rings. The lowest BCUT2D eigenvalue weighted by molar-refractivity contribution is 0.0527. The molecular weight excluding hydrogens is 414 g/mol. The maximum absolute atomic E-state index is 12.8. The summed E-state index contributed by atoms with van der Waals surface area (Å²) < 4.78 is 29.1. The highest BCUT2D eigenvalue weighted by Gasteiger charge is 2.32. The van der Waals surface area contributed by atoms with Gasteiger partial charge in [0, 0.05) is 4.88 Å². The van der Waals surface area contributed by atoms with Gasteiger partial charge >= 0.3 is 5.97 Å². The summed E-state index contributed by atoms with van der Waals surface area (Å²) in [7, 11) is -3.22. The molecule has 1 N–H and O–H groups in total. The van der Waals surface area contributed by atoms with Gasteiger partial charge < -0.3 is 10.1 Å². The van der Waals surface area contributed by atoms with E-state index < -0.39 is 21.7 Å². The minimum absolute atomic E-state index is 0.0350. The van der Waals surface area contributed by atoms with Gasteiger partial charge in [0.2, 0.25) is 0 Å². The summed E-state index contributed by atoms with van der Waals surface area (Å²) in [5.74, 6) is -1.29. The zero-order chi connectivity index (χ0) is 20.6. The SMILES string of the molecule is CCOC(=O)c1c(NC(=O)c2cnc3ccccc3n2)sc2c1CCS(=O)(=O)C2. The van der Waals surface area contributed by atoms with Crippen LogP contribution in [0.1, 0.15) is 38.2 Å². The van der Waals surface area contributed by atoms with E-state index in [-0.39, 0.29) is 40.8 Å². The van der Waals surface area contributed by atoms with Gasteiger partial charge in [0.25, 0.3) is 5.91 Å². The molecule has 0 unspecified atom stereocenters. The quantitative estimate of drug-likeness (QED) is 0.631. The fourth-order valence-corrected chi connectivity index (χ4v) is 6.20. The molecule has 0 saturated heterocycles. The first kappa shape index (κ1) is 19.5. The molecule has 0 saturated carbocycles.